The zero-order valence-corrected chi connectivity index (χ0v) is 16.0. The van der Waals surface area contributed by atoms with Crippen molar-refractivity contribution in [3.8, 4) is 0 Å². The minimum atomic E-state index is -0.251. The molecule has 0 bridgehead atoms. The highest BCUT2D eigenvalue weighted by atomic mass is 32.2. The average Bonchev–Trinajstić information content (AvgIpc) is 3.10. The Morgan fingerprint density at radius 3 is 2.65 bits per heavy atom. The average molecular weight is 384 g/mol. The van der Waals surface area contributed by atoms with Crippen molar-refractivity contribution in [3.05, 3.63) is 70.5 Å². The molecule has 0 fully saturated rings. The number of amides is 1. The fraction of sp³-hybridized carbons (Fsp3) is 0.167. The molecule has 1 aromatic carbocycles. The van der Waals surface area contributed by atoms with Crippen molar-refractivity contribution in [2.75, 3.05) is 0 Å². The van der Waals surface area contributed by atoms with Crippen molar-refractivity contribution in [2.24, 2.45) is 5.10 Å². The van der Waals surface area contributed by atoms with Gasteiger partial charge in [-0.3, -0.25) is 9.78 Å². The molecule has 0 unspecified atom stereocenters. The number of pyridine rings is 1. The van der Waals surface area contributed by atoms with Gasteiger partial charge in [0.2, 0.25) is 0 Å². The molecule has 0 saturated heterocycles. The number of aromatic nitrogens is 3. The van der Waals surface area contributed by atoms with Crippen molar-refractivity contribution in [2.45, 2.75) is 23.9 Å². The zero-order chi connectivity index (χ0) is 18.4. The second-order valence-corrected chi connectivity index (χ2v) is 7.83. The zero-order valence-electron chi connectivity index (χ0n) is 14.3. The summed E-state index contributed by atoms with van der Waals surface area (Å²) in [5, 5.41) is 13.2. The van der Waals surface area contributed by atoms with Crippen LogP contribution < -0.4 is 5.43 Å². The lowest BCUT2D eigenvalue weighted by molar-refractivity contribution is 0.0955. The molecule has 26 heavy (non-hydrogen) atoms. The maximum atomic E-state index is 12.2. The molecule has 0 atom stereocenters. The van der Waals surface area contributed by atoms with Crippen molar-refractivity contribution in [3.63, 3.8) is 0 Å². The number of nitrogens with one attached hydrogen (secondary N) is 1. The van der Waals surface area contributed by atoms with E-state index >= 15 is 0 Å². The molecule has 0 aliphatic carbocycles. The minimum Gasteiger partial charge on any atom is -0.267 e. The van der Waals surface area contributed by atoms with Gasteiger partial charge in [0.05, 0.1) is 11.4 Å². The summed E-state index contributed by atoms with van der Waals surface area (Å²) >= 11 is 3.22. The summed E-state index contributed by atoms with van der Waals surface area (Å²) < 4.78 is 0.948. The number of nitrogens with zero attached hydrogens (tertiary/aromatic N) is 4. The van der Waals surface area contributed by atoms with Crippen LogP contribution in [0.25, 0.3) is 0 Å². The fourth-order valence-electron chi connectivity index (χ4n) is 2.07. The van der Waals surface area contributed by atoms with Crippen molar-refractivity contribution in [1.29, 1.82) is 0 Å². The van der Waals surface area contributed by atoms with E-state index in [1.165, 1.54) is 0 Å². The summed E-state index contributed by atoms with van der Waals surface area (Å²) in [5.41, 5.74) is 5.62. The second-order valence-electron chi connectivity index (χ2n) is 5.43. The van der Waals surface area contributed by atoms with Crippen LogP contribution in [0.5, 0.6) is 0 Å². The molecule has 1 N–H and O–H groups in total. The topological polar surface area (TPSA) is 80.1 Å². The molecule has 1 amide bonds. The van der Waals surface area contributed by atoms with Crippen LogP contribution in [0.3, 0.4) is 0 Å². The highest BCUT2D eigenvalue weighted by Gasteiger charge is 2.07. The number of carbonyl (C=O) groups excluding carboxylic acids is 1. The largest absolute Gasteiger partial charge is 0.271 e. The van der Waals surface area contributed by atoms with E-state index in [9.17, 15) is 4.79 Å². The predicted molar refractivity (Wildman–Crippen MR) is 105 cm³/mol. The van der Waals surface area contributed by atoms with Crippen LogP contribution in [0.4, 0.5) is 0 Å². The molecule has 6 nitrogen and oxygen atoms in total. The monoisotopic (exact) mass is 383 g/mol. The Hall–Kier alpha value is -2.58. The first-order valence-electron chi connectivity index (χ1n) is 7.90. The maximum Gasteiger partial charge on any atom is 0.271 e. The summed E-state index contributed by atoms with van der Waals surface area (Å²) in [7, 11) is 0. The number of thioether (sulfide) groups is 1. The molecule has 0 radical (unpaired) electrons. The summed E-state index contributed by atoms with van der Waals surface area (Å²) in [6.07, 6.45) is 1.69. The Balaban J connectivity index is 1.56. The lowest BCUT2D eigenvalue weighted by Crippen LogP contribution is -2.19. The molecular formula is C18H17N5OS2. The maximum absolute atomic E-state index is 12.2. The van der Waals surface area contributed by atoms with Crippen molar-refractivity contribution >= 4 is 34.7 Å². The molecule has 3 aromatic rings. The number of rotatable bonds is 6. The van der Waals surface area contributed by atoms with Gasteiger partial charge < -0.3 is 0 Å². The fourth-order valence-corrected chi connectivity index (χ4v) is 3.84. The number of hydrogen-bond acceptors (Lipinski definition) is 7. The predicted octanol–water partition coefficient (Wildman–Crippen LogP) is 3.69. The van der Waals surface area contributed by atoms with Gasteiger partial charge in [-0.2, -0.15) is 5.10 Å². The molecule has 2 heterocycles. The number of carbonyl (C=O) groups is 1. The lowest BCUT2D eigenvalue weighted by atomic mass is 10.1. The van der Waals surface area contributed by atoms with Crippen LogP contribution in [-0.2, 0) is 5.75 Å². The third-order valence-corrected chi connectivity index (χ3v) is 5.49. The highest BCUT2D eigenvalue weighted by Crippen LogP contribution is 2.25. The van der Waals surface area contributed by atoms with E-state index in [0.29, 0.717) is 11.3 Å². The highest BCUT2D eigenvalue weighted by molar-refractivity contribution is 8.00. The molecule has 8 heteroatoms. The molecule has 0 aliphatic rings. The van der Waals surface area contributed by atoms with E-state index in [4.69, 9.17) is 0 Å². The molecule has 0 aliphatic heterocycles. The minimum absolute atomic E-state index is 0.251. The smallest absolute Gasteiger partial charge is 0.267 e. The number of hydrazone groups is 1. The molecular weight excluding hydrogens is 366 g/mol. The number of aryl methyl sites for hydroxylation is 1. The van der Waals surface area contributed by atoms with Gasteiger partial charge in [0.25, 0.3) is 5.91 Å². The van der Waals surface area contributed by atoms with Gasteiger partial charge >= 0.3 is 0 Å². The van der Waals surface area contributed by atoms with Gasteiger partial charge in [-0.1, -0.05) is 41.3 Å². The molecule has 2 aromatic heterocycles. The van der Waals surface area contributed by atoms with E-state index < -0.39 is 0 Å². The van der Waals surface area contributed by atoms with E-state index in [1.807, 2.05) is 37.3 Å². The summed E-state index contributed by atoms with van der Waals surface area (Å²) in [5.74, 6) is 0.534. The van der Waals surface area contributed by atoms with E-state index in [0.717, 1.165) is 26.4 Å². The van der Waals surface area contributed by atoms with Crippen LogP contribution in [0.2, 0.25) is 0 Å². The third-order valence-electron chi connectivity index (χ3n) is 3.45. The number of benzene rings is 1. The Labute approximate surface area is 159 Å². The van der Waals surface area contributed by atoms with Gasteiger partial charge in [0, 0.05) is 17.5 Å². The first kappa shape index (κ1) is 18.2. The van der Waals surface area contributed by atoms with Gasteiger partial charge in [-0.15, -0.1) is 10.2 Å². The van der Waals surface area contributed by atoms with Crippen LogP contribution in [0.1, 0.15) is 33.5 Å². The quantitative estimate of drug-likeness (QED) is 0.399. The van der Waals surface area contributed by atoms with E-state index in [1.54, 1.807) is 48.4 Å². The van der Waals surface area contributed by atoms with E-state index in [-0.39, 0.29) is 5.91 Å². The van der Waals surface area contributed by atoms with Crippen molar-refractivity contribution < 1.29 is 4.79 Å². The van der Waals surface area contributed by atoms with Crippen LogP contribution in [0, 0.1) is 6.92 Å². The van der Waals surface area contributed by atoms with Crippen molar-refractivity contribution in [1.82, 2.24) is 20.6 Å². The summed E-state index contributed by atoms with van der Waals surface area (Å²) in [4.78, 5) is 16.4. The van der Waals surface area contributed by atoms with E-state index in [2.05, 4.69) is 25.7 Å². The Bertz CT molecular complexity index is 907. The van der Waals surface area contributed by atoms with Crippen LogP contribution in [-0.4, -0.2) is 26.8 Å². The Morgan fingerprint density at radius 1 is 1.19 bits per heavy atom. The lowest BCUT2D eigenvalue weighted by Gasteiger charge is -2.04. The van der Waals surface area contributed by atoms with Crippen LogP contribution >= 0.6 is 23.1 Å². The molecule has 132 valence electrons. The normalized spacial score (nSPS) is 11.4. The standard InChI is InChI=1S/C18H17N5OS2/c1-12(16-5-3-4-10-19-16)20-22-17(24)15-8-6-14(7-9-15)11-25-18-23-21-13(2)26-18/h3-10H,11H2,1-2H3,(H,22,24). The number of hydrogen-bond donors (Lipinski definition) is 1. The summed E-state index contributed by atoms with van der Waals surface area (Å²) in [6, 6.07) is 13.0. The van der Waals surface area contributed by atoms with Gasteiger partial charge in [-0.25, -0.2) is 5.43 Å². The SMILES string of the molecule is CC(=NNC(=O)c1ccc(CSc2nnc(C)s2)cc1)c1ccccn1. The van der Waals surface area contributed by atoms with Gasteiger partial charge in [0.15, 0.2) is 4.34 Å². The molecule has 0 saturated carbocycles. The Morgan fingerprint density at radius 2 is 2.00 bits per heavy atom. The van der Waals surface area contributed by atoms with Gasteiger partial charge in [-0.05, 0) is 43.7 Å². The second kappa shape index (κ2) is 8.68. The first-order valence-corrected chi connectivity index (χ1v) is 9.70. The molecule has 3 rings (SSSR count). The summed E-state index contributed by atoms with van der Waals surface area (Å²) in [6.45, 7) is 3.74. The first-order chi connectivity index (χ1) is 12.6. The van der Waals surface area contributed by atoms with Gasteiger partial charge in [0.1, 0.15) is 5.01 Å². The third kappa shape index (κ3) is 4.96. The Kier molecular flexibility index (Phi) is 6.08. The van der Waals surface area contributed by atoms with Crippen LogP contribution in [0.15, 0.2) is 58.1 Å². The molecule has 0 spiro atoms.